The predicted octanol–water partition coefficient (Wildman–Crippen LogP) is 3.36. The molecule has 0 atom stereocenters. The Hall–Kier alpha value is -2.45. The van der Waals surface area contributed by atoms with E-state index in [1.54, 1.807) is 11.0 Å². The van der Waals surface area contributed by atoms with Crippen molar-refractivity contribution in [1.82, 2.24) is 0 Å². The Morgan fingerprint density at radius 3 is 2.41 bits per heavy atom. The van der Waals surface area contributed by atoms with Crippen molar-refractivity contribution in [3.8, 4) is 5.75 Å². The smallest absolute Gasteiger partial charge is 0.416 e. The third kappa shape index (κ3) is 3.54. The number of guanidine groups is 2. The minimum Gasteiger partial charge on any atom is -0.490 e. The fourth-order valence-electron chi connectivity index (χ4n) is 3.82. The quantitative estimate of drug-likeness (QED) is 0.840. The zero-order chi connectivity index (χ0) is 19.2. The van der Waals surface area contributed by atoms with Crippen LogP contribution in [0, 0.1) is 0 Å². The predicted molar refractivity (Wildman–Crippen MR) is 96.6 cm³/mol. The van der Waals surface area contributed by atoms with Crippen LogP contribution in [0.4, 0.5) is 18.9 Å². The highest BCUT2D eigenvalue weighted by Gasteiger charge is 2.43. The van der Waals surface area contributed by atoms with Crippen molar-refractivity contribution in [3.63, 3.8) is 0 Å². The number of hydrogen-bond acceptors (Lipinski definition) is 6. The Labute approximate surface area is 155 Å². The number of alkyl halides is 3. The molecule has 1 aromatic rings. The lowest BCUT2D eigenvalue weighted by molar-refractivity contribution is -0.137. The van der Waals surface area contributed by atoms with Gasteiger partial charge >= 0.3 is 6.18 Å². The number of aliphatic imine (C=N–C) groups is 2. The van der Waals surface area contributed by atoms with Gasteiger partial charge in [0.15, 0.2) is 0 Å². The van der Waals surface area contributed by atoms with Crippen molar-refractivity contribution in [1.29, 1.82) is 0 Å². The van der Waals surface area contributed by atoms with E-state index < -0.39 is 17.4 Å². The molecule has 0 bridgehead atoms. The lowest BCUT2D eigenvalue weighted by Gasteiger charge is -2.45. The number of hydrogen-bond donors (Lipinski definition) is 2. The van der Waals surface area contributed by atoms with Gasteiger partial charge in [0, 0.05) is 6.07 Å². The van der Waals surface area contributed by atoms with Gasteiger partial charge in [-0.05, 0) is 50.7 Å². The number of halogens is 3. The van der Waals surface area contributed by atoms with Gasteiger partial charge in [0.1, 0.15) is 11.4 Å². The molecule has 2 saturated carbocycles. The van der Waals surface area contributed by atoms with E-state index in [1.807, 2.05) is 0 Å². The molecule has 27 heavy (non-hydrogen) atoms. The van der Waals surface area contributed by atoms with Crippen molar-refractivity contribution in [3.05, 3.63) is 23.8 Å². The van der Waals surface area contributed by atoms with Crippen LogP contribution in [0.1, 0.15) is 50.5 Å². The molecule has 0 saturated heterocycles. The fraction of sp³-hybridized carbons (Fsp3) is 0.556. The average molecular weight is 381 g/mol. The van der Waals surface area contributed by atoms with Gasteiger partial charge < -0.3 is 16.2 Å². The molecule has 0 aromatic heterocycles. The summed E-state index contributed by atoms with van der Waals surface area (Å²) >= 11 is 0. The molecule has 0 unspecified atom stereocenters. The molecule has 6 nitrogen and oxygen atoms in total. The highest BCUT2D eigenvalue weighted by molar-refractivity contribution is 6.05. The van der Waals surface area contributed by atoms with Gasteiger partial charge in [0.05, 0.1) is 17.4 Å². The Morgan fingerprint density at radius 2 is 1.78 bits per heavy atom. The first-order valence-corrected chi connectivity index (χ1v) is 9.16. The summed E-state index contributed by atoms with van der Waals surface area (Å²) in [4.78, 5) is 10.1. The number of rotatable bonds is 3. The van der Waals surface area contributed by atoms with Crippen LogP contribution in [0.5, 0.6) is 5.75 Å². The van der Waals surface area contributed by atoms with E-state index in [-0.39, 0.29) is 29.5 Å². The van der Waals surface area contributed by atoms with Crippen molar-refractivity contribution in [2.75, 3.05) is 4.90 Å². The van der Waals surface area contributed by atoms with E-state index in [1.165, 1.54) is 0 Å². The third-order valence-corrected chi connectivity index (χ3v) is 5.16. The van der Waals surface area contributed by atoms with Crippen LogP contribution in [0.15, 0.2) is 28.2 Å². The van der Waals surface area contributed by atoms with E-state index >= 15 is 0 Å². The summed E-state index contributed by atoms with van der Waals surface area (Å²) in [5.41, 5.74) is 10.6. The molecule has 146 valence electrons. The van der Waals surface area contributed by atoms with Crippen molar-refractivity contribution < 1.29 is 17.9 Å². The monoisotopic (exact) mass is 381 g/mol. The van der Waals surface area contributed by atoms with Crippen LogP contribution < -0.4 is 21.1 Å². The van der Waals surface area contributed by atoms with E-state index in [4.69, 9.17) is 16.2 Å². The summed E-state index contributed by atoms with van der Waals surface area (Å²) in [6.07, 6.45) is 1.31. The van der Waals surface area contributed by atoms with E-state index in [0.29, 0.717) is 12.8 Å². The van der Waals surface area contributed by atoms with E-state index in [2.05, 4.69) is 9.98 Å². The maximum absolute atomic E-state index is 13.5. The molecule has 2 fully saturated rings. The minimum atomic E-state index is -4.50. The standard InChI is InChI=1S/C18H22F3N5O/c19-18(20,21)11-8-12(10-14(9-11)27-13-4-5-13)26-16(23)24-15(22)25-17(26)6-2-1-3-7-17/h8-10,13H,1-7H2,(H4,22,23,24,25). The Balaban J connectivity index is 1.80. The first kappa shape index (κ1) is 17.9. The number of benzene rings is 1. The van der Waals surface area contributed by atoms with E-state index in [0.717, 1.165) is 44.2 Å². The lowest BCUT2D eigenvalue weighted by atomic mass is 9.87. The van der Waals surface area contributed by atoms with Crippen LogP contribution in [-0.4, -0.2) is 23.7 Å². The molecular weight excluding hydrogens is 359 g/mol. The third-order valence-electron chi connectivity index (χ3n) is 5.16. The van der Waals surface area contributed by atoms with Gasteiger partial charge in [-0.2, -0.15) is 18.2 Å². The normalized spacial score (nSPS) is 22.4. The molecule has 4 N–H and O–H groups in total. The fourth-order valence-corrected chi connectivity index (χ4v) is 3.82. The molecular formula is C18H22F3N5O. The molecule has 4 rings (SSSR count). The molecule has 1 heterocycles. The second-order valence-electron chi connectivity index (χ2n) is 7.35. The topological polar surface area (TPSA) is 89.2 Å². The first-order chi connectivity index (χ1) is 12.8. The second kappa shape index (κ2) is 6.31. The highest BCUT2D eigenvalue weighted by Crippen LogP contribution is 2.43. The van der Waals surface area contributed by atoms with Crippen molar-refractivity contribution in [2.24, 2.45) is 21.5 Å². The zero-order valence-corrected chi connectivity index (χ0v) is 14.8. The van der Waals surface area contributed by atoms with Crippen LogP contribution in [0.3, 0.4) is 0 Å². The van der Waals surface area contributed by atoms with Crippen LogP contribution in [0.25, 0.3) is 0 Å². The largest absolute Gasteiger partial charge is 0.490 e. The molecule has 1 spiro atoms. The number of anilines is 1. The summed E-state index contributed by atoms with van der Waals surface area (Å²) in [5.74, 6) is 0.303. The summed E-state index contributed by atoms with van der Waals surface area (Å²) in [7, 11) is 0. The minimum absolute atomic E-state index is 0.0222. The van der Waals surface area contributed by atoms with Gasteiger partial charge in [-0.25, -0.2) is 4.99 Å². The number of ether oxygens (including phenoxy) is 1. The van der Waals surface area contributed by atoms with Gasteiger partial charge in [0.2, 0.25) is 11.9 Å². The molecule has 3 aliphatic rings. The molecule has 0 radical (unpaired) electrons. The lowest BCUT2D eigenvalue weighted by Crippen LogP contribution is -2.58. The van der Waals surface area contributed by atoms with Gasteiger partial charge in [-0.15, -0.1) is 0 Å². The zero-order valence-electron chi connectivity index (χ0n) is 14.8. The first-order valence-electron chi connectivity index (χ1n) is 9.16. The number of nitrogens with two attached hydrogens (primary N) is 2. The maximum atomic E-state index is 13.5. The molecule has 1 aliphatic heterocycles. The maximum Gasteiger partial charge on any atom is 0.416 e. The van der Waals surface area contributed by atoms with Gasteiger partial charge in [0.25, 0.3) is 0 Å². The molecule has 1 aromatic carbocycles. The second-order valence-corrected chi connectivity index (χ2v) is 7.35. The van der Waals surface area contributed by atoms with Crippen LogP contribution >= 0.6 is 0 Å². The summed E-state index contributed by atoms with van der Waals surface area (Å²) in [5, 5.41) is 0. The Kier molecular flexibility index (Phi) is 4.20. The van der Waals surface area contributed by atoms with Crippen LogP contribution in [0.2, 0.25) is 0 Å². The van der Waals surface area contributed by atoms with E-state index in [9.17, 15) is 13.2 Å². The molecule has 2 aliphatic carbocycles. The summed E-state index contributed by atoms with van der Waals surface area (Å²) < 4.78 is 46.1. The van der Waals surface area contributed by atoms with Gasteiger partial charge in [-0.1, -0.05) is 6.42 Å². The van der Waals surface area contributed by atoms with Crippen molar-refractivity contribution >= 4 is 17.6 Å². The molecule has 0 amide bonds. The molecule has 9 heteroatoms. The Bertz CT molecular complexity index is 795. The average Bonchev–Trinajstić information content (AvgIpc) is 3.37. The summed E-state index contributed by atoms with van der Waals surface area (Å²) in [6, 6.07) is 3.70. The number of nitrogens with zero attached hydrogens (tertiary/aromatic N) is 3. The van der Waals surface area contributed by atoms with Crippen LogP contribution in [-0.2, 0) is 6.18 Å². The SMILES string of the molecule is NC1=NC2(CCCCC2)N(c2cc(OC3CC3)cc(C(F)(F)F)c2)C(N)=N1. The van der Waals surface area contributed by atoms with Crippen molar-refractivity contribution in [2.45, 2.75) is 62.9 Å². The summed E-state index contributed by atoms with van der Waals surface area (Å²) in [6.45, 7) is 0. The Morgan fingerprint density at radius 1 is 1.07 bits per heavy atom. The highest BCUT2D eigenvalue weighted by atomic mass is 19.4. The van der Waals surface area contributed by atoms with Gasteiger partial charge in [-0.3, -0.25) is 4.90 Å².